The molecule has 0 saturated heterocycles. The quantitative estimate of drug-likeness (QED) is 0.711. The molecule has 1 N–H and O–H groups in total. The third-order valence-electron chi connectivity index (χ3n) is 4.80. The molecule has 1 nitrogen and oxygen atoms in total. The van der Waals surface area contributed by atoms with Crippen LogP contribution in [0.3, 0.4) is 0 Å². The van der Waals surface area contributed by atoms with E-state index in [0.717, 1.165) is 23.9 Å². The monoisotopic (exact) mass is 193 g/mol. The second kappa shape index (κ2) is 2.98. The molecule has 3 aliphatic carbocycles. The van der Waals surface area contributed by atoms with Crippen LogP contribution in [0, 0.1) is 17.3 Å². The van der Waals surface area contributed by atoms with Crippen LogP contribution in [0.25, 0.3) is 0 Å². The van der Waals surface area contributed by atoms with Crippen molar-refractivity contribution in [3.8, 4) is 0 Å². The summed E-state index contributed by atoms with van der Waals surface area (Å²) in [5.74, 6) is 2.16. The van der Waals surface area contributed by atoms with Crippen molar-refractivity contribution < 1.29 is 0 Å². The number of fused-ring (bicyclic) bond motifs is 1. The van der Waals surface area contributed by atoms with Crippen LogP contribution in [0.1, 0.15) is 52.4 Å². The molecule has 0 aromatic heterocycles. The van der Waals surface area contributed by atoms with Gasteiger partial charge in [0.2, 0.25) is 0 Å². The number of nitrogens with one attached hydrogen (secondary N) is 1. The van der Waals surface area contributed by atoms with Gasteiger partial charge in [-0.2, -0.15) is 0 Å². The molecule has 3 aliphatic rings. The van der Waals surface area contributed by atoms with E-state index >= 15 is 0 Å². The minimum Gasteiger partial charge on any atom is -0.311 e. The average Bonchev–Trinajstić information content (AvgIpc) is 2.52. The van der Waals surface area contributed by atoms with Gasteiger partial charge in [-0.15, -0.1) is 0 Å². The number of hydrogen-bond acceptors (Lipinski definition) is 1. The van der Waals surface area contributed by atoms with Crippen molar-refractivity contribution in [2.75, 3.05) is 0 Å². The standard InChI is InChI=1S/C13H23N/c1-13(2)7-6-9(8-13)14-12-10-4-3-5-11(10)12/h9-12,14H,3-8H2,1-2H3. The molecule has 0 amide bonds. The first-order valence-corrected chi connectivity index (χ1v) is 6.42. The summed E-state index contributed by atoms with van der Waals surface area (Å²) in [5, 5.41) is 3.91. The molecule has 0 heterocycles. The Morgan fingerprint density at radius 2 is 1.79 bits per heavy atom. The zero-order valence-electron chi connectivity index (χ0n) is 9.55. The number of rotatable bonds is 2. The highest BCUT2D eigenvalue weighted by Crippen LogP contribution is 2.52. The van der Waals surface area contributed by atoms with Gasteiger partial charge >= 0.3 is 0 Å². The Labute approximate surface area is 87.7 Å². The summed E-state index contributed by atoms with van der Waals surface area (Å²) in [5.41, 5.74) is 0.613. The Morgan fingerprint density at radius 1 is 1.07 bits per heavy atom. The van der Waals surface area contributed by atoms with Gasteiger partial charge in [0.25, 0.3) is 0 Å². The van der Waals surface area contributed by atoms with Crippen molar-refractivity contribution in [2.45, 2.75) is 64.5 Å². The molecule has 0 aliphatic heterocycles. The first kappa shape index (κ1) is 9.21. The zero-order chi connectivity index (χ0) is 9.76. The van der Waals surface area contributed by atoms with Gasteiger partial charge in [0.15, 0.2) is 0 Å². The van der Waals surface area contributed by atoms with Crippen molar-refractivity contribution in [3.63, 3.8) is 0 Å². The van der Waals surface area contributed by atoms with E-state index in [2.05, 4.69) is 19.2 Å². The maximum atomic E-state index is 3.91. The van der Waals surface area contributed by atoms with E-state index in [1.54, 1.807) is 0 Å². The summed E-state index contributed by atoms with van der Waals surface area (Å²) in [7, 11) is 0. The maximum Gasteiger partial charge on any atom is 0.0133 e. The molecule has 0 spiro atoms. The molecule has 14 heavy (non-hydrogen) atoms. The third-order valence-corrected chi connectivity index (χ3v) is 4.80. The van der Waals surface area contributed by atoms with Crippen molar-refractivity contribution in [1.29, 1.82) is 0 Å². The van der Waals surface area contributed by atoms with Crippen LogP contribution in [0.4, 0.5) is 0 Å². The smallest absolute Gasteiger partial charge is 0.0133 e. The summed E-state index contributed by atoms with van der Waals surface area (Å²) in [4.78, 5) is 0. The lowest BCUT2D eigenvalue weighted by Gasteiger charge is -2.18. The molecule has 0 radical (unpaired) electrons. The molecular weight excluding hydrogens is 170 g/mol. The normalized spacial score (nSPS) is 49.3. The first-order valence-electron chi connectivity index (χ1n) is 6.42. The molecule has 0 bridgehead atoms. The predicted octanol–water partition coefficient (Wildman–Crippen LogP) is 2.95. The summed E-state index contributed by atoms with van der Waals surface area (Å²) in [6.07, 6.45) is 8.78. The van der Waals surface area contributed by atoms with Crippen LogP contribution in [0.15, 0.2) is 0 Å². The van der Waals surface area contributed by atoms with Crippen LogP contribution in [-0.4, -0.2) is 12.1 Å². The fourth-order valence-electron chi connectivity index (χ4n) is 3.92. The molecule has 80 valence electrons. The van der Waals surface area contributed by atoms with Crippen LogP contribution in [-0.2, 0) is 0 Å². The van der Waals surface area contributed by atoms with E-state index in [0.29, 0.717) is 5.41 Å². The SMILES string of the molecule is CC1(C)CCC(NC2C3CCCC32)C1. The summed E-state index contributed by atoms with van der Waals surface area (Å²) < 4.78 is 0. The fraction of sp³-hybridized carbons (Fsp3) is 1.00. The molecule has 3 atom stereocenters. The summed E-state index contributed by atoms with van der Waals surface area (Å²) in [6.45, 7) is 4.84. The van der Waals surface area contributed by atoms with Gasteiger partial charge in [0, 0.05) is 12.1 Å². The molecule has 3 saturated carbocycles. The Balaban J connectivity index is 1.51. The van der Waals surface area contributed by atoms with Crippen LogP contribution in [0.5, 0.6) is 0 Å². The maximum absolute atomic E-state index is 3.91. The molecule has 1 heteroatoms. The lowest BCUT2D eigenvalue weighted by atomic mass is 9.92. The minimum atomic E-state index is 0.613. The second-order valence-corrected chi connectivity index (χ2v) is 6.55. The van der Waals surface area contributed by atoms with Crippen molar-refractivity contribution in [3.05, 3.63) is 0 Å². The highest BCUT2D eigenvalue weighted by atomic mass is 15.0. The minimum absolute atomic E-state index is 0.613. The first-order chi connectivity index (χ1) is 6.66. The van der Waals surface area contributed by atoms with Crippen molar-refractivity contribution in [2.24, 2.45) is 17.3 Å². The number of hydrogen-bond donors (Lipinski definition) is 1. The summed E-state index contributed by atoms with van der Waals surface area (Å²) >= 11 is 0. The van der Waals surface area contributed by atoms with Gasteiger partial charge in [-0.25, -0.2) is 0 Å². The van der Waals surface area contributed by atoms with E-state index in [4.69, 9.17) is 0 Å². The van der Waals surface area contributed by atoms with E-state index in [-0.39, 0.29) is 0 Å². The average molecular weight is 193 g/mol. The lowest BCUT2D eigenvalue weighted by Crippen LogP contribution is -2.31. The predicted molar refractivity (Wildman–Crippen MR) is 59.2 cm³/mol. The van der Waals surface area contributed by atoms with Crippen LogP contribution < -0.4 is 5.32 Å². The van der Waals surface area contributed by atoms with Gasteiger partial charge < -0.3 is 5.32 Å². The molecule has 3 unspecified atom stereocenters. The lowest BCUT2D eigenvalue weighted by molar-refractivity contribution is 0.359. The topological polar surface area (TPSA) is 12.0 Å². The van der Waals surface area contributed by atoms with Crippen LogP contribution >= 0.6 is 0 Å². The highest BCUT2D eigenvalue weighted by Gasteiger charge is 2.53. The molecule has 0 aromatic rings. The van der Waals surface area contributed by atoms with Gasteiger partial charge in [0.05, 0.1) is 0 Å². The van der Waals surface area contributed by atoms with Gasteiger partial charge in [-0.3, -0.25) is 0 Å². The van der Waals surface area contributed by atoms with E-state index in [1.807, 2.05) is 0 Å². The fourth-order valence-corrected chi connectivity index (χ4v) is 3.92. The molecule has 0 aromatic carbocycles. The third kappa shape index (κ3) is 1.50. The summed E-state index contributed by atoms with van der Waals surface area (Å²) in [6, 6.07) is 1.78. The Morgan fingerprint density at radius 3 is 2.36 bits per heavy atom. The van der Waals surface area contributed by atoms with Crippen molar-refractivity contribution >= 4 is 0 Å². The highest BCUT2D eigenvalue weighted by molar-refractivity contribution is 5.08. The van der Waals surface area contributed by atoms with Gasteiger partial charge in [-0.1, -0.05) is 20.3 Å². The second-order valence-electron chi connectivity index (χ2n) is 6.55. The van der Waals surface area contributed by atoms with Crippen molar-refractivity contribution in [1.82, 2.24) is 5.32 Å². The molecule has 3 rings (SSSR count). The van der Waals surface area contributed by atoms with E-state index < -0.39 is 0 Å². The zero-order valence-corrected chi connectivity index (χ0v) is 9.55. The van der Waals surface area contributed by atoms with Gasteiger partial charge in [0.1, 0.15) is 0 Å². The van der Waals surface area contributed by atoms with Crippen LogP contribution in [0.2, 0.25) is 0 Å². The van der Waals surface area contributed by atoms with E-state index in [9.17, 15) is 0 Å². The van der Waals surface area contributed by atoms with Gasteiger partial charge in [-0.05, 0) is 49.4 Å². The van der Waals surface area contributed by atoms with E-state index in [1.165, 1.54) is 38.5 Å². The largest absolute Gasteiger partial charge is 0.311 e. The molecule has 3 fully saturated rings. The molecular formula is C13H23N. The Bertz CT molecular complexity index is 223. The Kier molecular flexibility index (Phi) is 1.96. The Hall–Kier alpha value is -0.0400.